The Bertz CT molecular complexity index is 154. The highest BCUT2D eigenvalue weighted by Gasteiger charge is 2.14. The standard InChI is InChI=1S/C6H14O2.C2H4O2.CH2O2/c1-5(7)4-6(2,3)8;1-2(3)4;2-1-3/h5,7-8H,4H2,1-3H3;1H3,(H,3,4);1H,(H,2,3). The average Bonchev–Trinajstić information content (AvgIpc) is 1.79. The molecule has 6 nitrogen and oxygen atoms in total. The molecule has 0 bridgehead atoms. The Labute approximate surface area is 89.2 Å². The fourth-order valence-corrected chi connectivity index (χ4v) is 0.723. The average molecular weight is 224 g/mol. The molecular weight excluding hydrogens is 204 g/mol. The van der Waals surface area contributed by atoms with Crippen molar-refractivity contribution >= 4 is 12.4 Å². The molecule has 0 heterocycles. The van der Waals surface area contributed by atoms with Crippen LogP contribution in [0.2, 0.25) is 0 Å². The van der Waals surface area contributed by atoms with Crippen LogP contribution in [0.1, 0.15) is 34.1 Å². The summed E-state index contributed by atoms with van der Waals surface area (Å²) in [6.45, 7) is 5.86. The summed E-state index contributed by atoms with van der Waals surface area (Å²) < 4.78 is 0. The number of carboxylic acid groups (broad SMARTS) is 2. The summed E-state index contributed by atoms with van der Waals surface area (Å²) in [7, 11) is 0. The molecule has 0 aliphatic rings. The molecular formula is C9H20O6. The first-order valence-corrected chi connectivity index (χ1v) is 4.24. The fraction of sp³-hybridized carbons (Fsp3) is 0.778. The van der Waals surface area contributed by atoms with Crippen LogP contribution < -0.4 is 0 Å². The molecule has 1 atom stereocenters. The number of aliphatic hydroxyl groups is 2. The van der Waals surface area contributed by atoms with Crippen molar-refractivity contribution in [3.05, 3.63) is 0 Å². The summed E-state index contributed by atoms with van der Waals surface area (Å²) in [5.74, 6) is -0.833. The van der Waals surface area contributed by atoms with Gasteiger partial charge in [0.15, 0.2) is 0 Å². The van der Waals surface area contributed by atoms with Gasteiger partial charge in [0.1, 0.15) is 0 Å². The summed E-state index contributed by atoms with van der Waals surface area (Å²) in [5.41, 5.74) is -0.728. The van der Waals surface area contributed by atoms with Crippen molar-refractivity contribution in [1.29, 1.82) is 0 Å². The van der Waals surface area contributed by atoms with Crippen LogP contribution >= 0.6 is 0 Å². The minimum atomic E-state index is -0.833. The van der Waals surface area contributed by atoms with E-state index in [4.69, 9.17) is 30.0 Å². The first-order chi connectivity index (χ1) is 6.56. The lowest BCUT2D eigenvalue weighted by atomic mass is 10.0. The molecule has 0 spiro atoms. The quantitative estimate of drug-likeness (QED) is 0.502. The molecule has 1 unspecified atom stereocenters. The largest absolute Gasteiger partial charge is 0.483 e. The maximum Gasteiger partial charge on any atom is 0.300 e. The molecule has 0 rings (SSSR count). The molecule has 15 heavy (non-hydrogen) atoms. The van der Waals surface area contributed by atoms with E-state index in [1.807, 2.05) is 0 Å². The molecule has 4 N–H and O–H groups in total. The van der Waals surface area contributed by atoms with Gasteiger partial charge in [0.05, 0.1) is 11.7 Å². The van der Waals surface area contributed by atoms with Crippen molar-refractivity contribution < 1.29 is 30.0 Å². The van der Waals surface area contributed by atoms with Gasteiger partial charge in [0.25, 0.3) is 12.4 Å². The van der Waals surface area contributed by atoms with E-state index < -0.39 is 17.7 Å². The molecule has 0 aromatic rings. The molecule has 0 amide bonds. The Kier molecular flexibility index (Phi) is 14.2. The smallest absolute Gasteiger partial charge is 0.300 e. The summed E-state index contributed by atoms with van der Waals surface area (Å²) in [6.07, 6.45) is 0.0301. The van der Waals surface area contributed by atoms with Gasteiger partial charge in [-0.2, -0.15) is 0 Å². The predicted octanol–water partition coefficient (Wildman–Crippen LogP) is 0.320. The van der Waals surface area contributed by atoms with Crippen LogP contribution in [-0.2, 0) is 9.59 Å². The maximum atomic E-state index is 9.03. The number of hydrogen-bond acceptors (Lipinski definition) is 4. The molecule has 0 radical (unpaired) electrons. The highest BCUT2D eigenvalue weighted by atomic mass is 16.4. The second-order valence-electron chi connectivity index (χ2n) is 3.49. The normalized spacial score (nSPS) is 11.1. The molecule has 92 valence electrons. The third-order valence-corrected chi connectivity index (χ3v) is 0.795. The van der Waals surface area contributed by atoms with E-state index in [0.29, 0.717) is 6.42 Å². The third-order valence-electron chi connectivity index (χ3n) is 0.795. The Morgan fingerprint density at radius 3 is 1.67 bits per heavy atom. The fourth-order valence-electron chi connectivity index (χ4n) is 0.723. The van der Waals surface area contributed by atoms with E-state index in [-0.39, 0.29) is 6.47 Å². The Hall–Kier alpha value is -1.14. The number of carboxylic acids is 1. The lowest BCUT2D eigenvalue weighted by Gasteiger charge is -2.17. The predicted molar refractivity (Wildman–Crippen MR) is 54.6 cm³/mol. The van der Waals surface area contributed by atoms with Crippen molar-refractivity contribution in [2.45, 2.75) is 45.8 Å². The lowest BCUT2D eigenvalue weighted by molar-refractivity contribution is -0.134. The van der Waals surface area contributed by atoms with E-state index in [1.165, 1.54) is 0 Å². The number of rotatable bonds is 2. The lowest BCUT2D eigenvalue weighted by Crippen LogP contribution is -2.24. The Morgan fingerprint density at radius 2 is 1.67 bits per heavy atom. The summed E-state index contributed by atoms with van der Waals surface area (Å²) >= 11 is 0. The number of hydrogen-bond donors (Lipinski definition) is 4. The molecule has 0 aromatic heterocycles. The van der Waals surface area contributed by atoms with Gasteiger partial charge >= 0.3 is 0 Å². The molecule has 0 aliphatic heterocycles. The molecule has 0 saturated heterocycles. The van der Waals surface area contributed by atoms with Gasteiger partial charge in [-0.3, -0.25) is 9.59 Å². The maximum absolute atomic E-state index is 9.03. The van der Waals surface area contributed by atoms with Crippen LogP contribution in [0.4, 0.5) is 0 Å². The molecule has 0 fully saturated rings. The van der Waals surface area contributed by atoms with Gasteiger partial charge in [-0.1, -0.05) is 0 Å². The minimum absolute atomic E-state index is 0.250. The Morgan fingerprint density at radius 1 is 1.47 bits per heavy atom. The highest BCUT2D eigenvalue weighted by molar-refractivity contribution is 5.62. The monoisotopic (exact) mass is 224 g/mol. The van der Waals surface area contributed by atoms with Crippen LogP contribution in [0.25, 0.3) is 0 Å². The van der Waals surface area contributed by atoms with Gasteiger partial charge in [-0.15, -0.1) is 0 Å². The van der Waals surface area contributed by atoms with E-state index in [9.17, 15) is 0 Å². The van der Waals surface area contributed by atoms with Crippen LogP contribution in [0, 0.1) is 0 Å². The zero-order valence-corrected chi connectivity index (χ0v) is 9.47. The van der Waals surface area contributed by atoms with Crippen LogP contribution in [0.5, 0.6) is 0 Å². The molecule has 0 aromatic carbocycles. The first-order valence-electron chi connectivity index (χ1n) is 4.24. The number of carbonyl (C=O) groups is 2. The van der Waals surface area contributed by atoms with Crippen LogP contribution in [0.15, 0.2) is 0 Å². The van der Waals surface area contributed by atoms with Crippen molar-refractivity contribution in [3.8, 4) is 0 Å². The molecule has 6 heteroatoms. The van der Waals surface area contributed by atoms with Gasteiger partial charge in [-0.05, 0) is 20.8 Å². The van der Waals surface area contributed by atoms with Crippen LogP contribution in [-0.4, -0.2) is 44.6 Å². The second kappa shape index (κ2) is 10.9. The highest BCUT2D eigenvalue weighted by Crippen LogP contribution is 2.09. The van der Waals surface area contributed by atoms with Gasteiger partial charge in [0.2, 0.25) is 0 Å². The summed E-state index contributed by atoms with van der Waals surface area (Å²) in [6, 6.07) is 0. The second-order valence-corrected chi connectivity index (χ2v) is 3.49. The summed E-state index contributed by atoms with van der Waals surface area (Å²) in [5, 5.41) is 32.1. The van der Waals surface area contributed by atoms with Crippen LogP contribution in [0.3, 0.4) is 0 Å². The minimum Gasteiger partial charge on any atom is -0.483 e. The first kappa shape index (κ1) is 19.4. The van der Waals surface area contributed by atoms with E-state index in [1.54, 1.807) is 20.8 Å². The van der Waals surface area contributed by atoms with Crippen molar-refractivity contribution in [2.24, 2.45) is 0 Å². The summed E-state index contributed by atoms with van der Waals surface area (Å²) in [4.78, 5) is 17.4. The van der Waals surface area contributed by atoms with E-state index in [2.05, 4.69) is 0 Å². The van der Waals surface area contributed by atoms with E-state index in [0.717, 1.165) is 6.92 Å². The SMILES string of the molecule is CC(=O)O.CC(O)CC(C)(C)O.O=CO. The number of aliphatic hydroxyl groups excluding tert-OH is 1. The van der Waals surface area contributed by atoms with Crippen molar-refractivity contribution in [3.63, 3.8) is 0 Å². The van der Waals surface area contributed by atoms with Crippen molar-refractivity contribution in [1.82, 2.24) is 0 Å². The molecule has 0 aliphatic carbocycles. The van der Waals surface area contributed by atoms with Crippen molar-refractivity contribution in [2.75, 3.05) is 0 Å². The topological polar surface area (TPSA) is 115 Å². The number of aliphatic carboxylic acids is 1. The Balaban J connectivity index is -0.000000173. The zero-order chi connectivity index (χ0) is 13.1. The van der Waals surface area contributed by atoms with Gasteiger partial charge in [0, 0.05) is 13.3 Å². The molecule has 0 saturated carbocycles. The van der Waals surface area contributed by atoms with E-state index >= 15 is 0 Å². The van der Waals surface area contributed by atoms with Gasteiger partial charge in [-0.25, -0.2) is 0 Å². The third kappa shape index (κ3) is 102. The zero-order valence-electron chi connectivity index (χ0n) is 9.47. The van der Waals surface area contributed by atoms with Gasteiger partial charge < -0.3 is 20.4 Å².